The van der Waals surface area contributed by atoms with Crippen LogP contribution < -0.4 is 30.9 Å². The van der Waals surface area contributed by atoms with E-state index in [2.05, 4.69) is 90.7 Å². The Bertz CT molecular complexity index is 1900. The van der Waals surface area contributed by atoms with Crippen molar-refractivity contribution >= 4 is 34.7 Å². The molecule has 254 valence electrons. The summed E-state index contributed by atoms with van der Waals surface area (Å²) in [6.45, 7) is 15.7. The fraction of sp³-hybridized carbons (Fsp3) is 0.310. The van der Waals surface area contributed by atoms with Crippen LogP contribution in [0, 0.1) is 6.92 Å². The summed E-state index contributed by atoms with van der Waals surface area (Å²) in [5.41, 5.74) is 13.8. The minimum Gasteiger partial charge on any atom is -0.489 e. The topological polar surface area (TPSA) is 77.7 Å². The number of anilines is 4. The maximum atomic E-state index is 13.8. The van der Waals surface area contributed by atoms with E-state index < -0.39 is 0 Å². The van der Waals surface area contributed by atoms with Gasteiger partial charge in [-0.2, -0.15) is 0 Å². The second-order valence-corrected chi connectivity index (χ2v) is 13.2. The minimum atomic E-state index is 0.0382. The fourth-order valence-corrected chi connectivity index (χ4v) is 7.05. The van der Waals surface area contributed by atoms with Gasteiger partial charge in [0, 0.05) is 48.5 Å². The molecule has 1 amide bonds. The molecule has 49 heavy (non-hydrogen) atoms. The summed E-state index contributed by atoms with van der Waals surface area (Å²) in [7, 11) is 3.89. The quantitative estimate of drug-likeness (QED) is 0.117. The summed E-state index contributed by atoms with van der Waals surface area (Å²) in [5.74, 6) is 0.806. The first kappa shape index (κ1) is 33.9. The van der Waals surface area contributed by atoms with Gasteiger partial charge in [0.05, 0.1) is 17.3 Å². The van der Waals surface area contributed by atoms with Crippen LogP contribution in [0.5, 0.6) is 5.75 Å². The van der Waals surface area contributed by atoms with Gasteiger partial charge < -0.3 is 30.9 Å². The van der Waals surface area contributed by atoms with Crippen molar-refractivity contribution < 1.29 is 9.53 Å². The van der Waals surface area contributed by atoms with Gasteiger partial charge in [-0.1, -0.05) is 50.4 Å². The summed E-state index contributed by atoms with van der Waals surface area (Å²) >= 11 is 0. The number of rotatable bonds is 13. The Balaban J connectivity index is 1.24. The van der Waals surface area contributed by atoms with Crippen LogP contribution in [0.4, 0.5) is 22.7 Å². The van der Waals surface area contributed by atoms with E-state index in [1.54, 1.807) is 0 Å². The molecule has 0 fully saturated rings. The van der Waals surface area contributed by atoms with Crippen molar-refractivity contribution in [2.24, 2.45) is 0 Å². The number of carbonyl (C=O) groups is 1. The number of para-hydroxylation sites is 1. The third-order valence-electron chi connectivity index (χ3n) is 10.00. The number of fused-ring (bicyclic) bond motifs is 4. The first-order valence-electron chi connectivity index (χ1n) is 17.4. The zero-order valence-corrected chi connectivity index (χ0v) is 29.5. The summed E-state index contributed by atoms with van der Waals surface area (Å²) < 4.78 is 6.51. The molecule has 0 aliphatic carbocycles. The largest absolute Gasteiger partial charge is 0.489 e. The lowest BCUT2D eigenvalue weighted by Gasteiger charge is -2.22. The fourth-order valence-electron chi connectivity index (χ4n) is 7.05. The highest BCUT2D eigenvalue weighted by molar-refractivity contribution is 6.12. The molecule has 2 unspecified atom stereocenters. The summed E-state index contributed by atoms with van der Waals surface area (Å²) in [5, 5.41) is 13.7. The van der Waals surface area contributed by atoms with Gasteiger partial charge >= 0.3 is 0 Å². The van der Waals surface area contributed by atoms with Crippen molar-refractivity contribution in [3.8, 4) is 5.75 Å². The average Bonchev–Trinajstić information content (AvgIpc) is 3.44. The van der Waals surface area contributed by atoms with E-state index >= 15 is 0 Å². The Morgan fingerprint density at radius 1 is 1.06 bits per heavy atom. The van der Waals surface area contributed by atoms with E-state index in [1.807, 2.05) is 56.3 Å². The molecule has 0 aromatic heterocycles. The predicted octanol–water partition coefficient (Wildman–Crippen LogP) is 8.14. The Morgan fingerprint density at radius 2 is 1.86 bits per heavy atom. The van der Waals surface area contributed by atoms with Gasteiger partial charge in [0.25, 0.3) is 5.91 Å². The van der Waals surface area contributed by atoms with Crippen molar-refractivity contribution in [2.75, 3.05) is 41.5 Å². The van der Waals surface area contributed by atoms with Crippen molar-refractivity contribution in [3.05, 3.63) is 130 Å². The zero-order valence-electron chi connectivity index (χ0n) is 29.5. The van der Waals surface area contributed by atoms with Gasteiger partial charge in [0.2, 0.25) is 0 Å². The number of ether oxygens (including phenoxy) is 1. The van der Waals surface area contributed by atoms with E-state index in [4.69, 9.17) is 4.74 Å². The molecule has 0 bridgehead atoms. The number of benzene rings is 4. The standard InChI is InChI=1S/C42H49N5O2/c1-8-31-20-32(9-2)38(44-7)22-33(31)15-14-29-17-30(19-35(18-29)46-28(5)27(4)43-6)25-49-41-23-39-37(16-26(41)3)42(48)47-36(24-45-39)21-34-12-10-11-13-40(34)47/h9-13,16-20,22-23,27,36,43-46H,2,5,8,14-15,21,24-25H2,1,3-4,6-7H3. The molecule has 0 radical (unpaired) electrons. The summed E-state index contributed by atoms with van der Waals surface area (Å²) in [4.78, 5) is 15.8. The van der Waals surface area contributed by atoms with Crippen LogP contribution in [0.3, 0.4) is 0 Å². The van der Waals surface area contributed by atoms with Gasteiger partial charge in [0.15, 0.2) is 0 Å². The second kappa shape index (κ2) is 14.6. The van der Waals surface area contributed by atoms with Gasteiger partial charge in [-0.15, -0.1) is 0 Å². The average molecular weight is 656 g/mol. The van der Waals surface area contributed by atoms with Crippen LogP contribution in [0.2, 0.25) is 0 Å². The van der Waals surface area contributed by atoms with E-state index in [9.17, 15) is 4.79 Å². The molecule has 4 aromatic rings. The van der Waals surface area contributed by atoms with Crippen LogP contribution >= 0.6 is 0 Å². The Kier molecular flexibility index (Phi) is 10.1. The number of aryl methyl sites for hydroxylation is 4. The highest BCUT2D eigenvalue weighted by atomic mass is 16.5. The number of hydrogen-bond acceptors (Lipinski definition) is 6. The van der Waals surface area contributed by atoms with Crippen molar-refractivity contribution in [1.82, 2.24) is 5.32 Å². The molecule has 4 aromatic carbocycles. The Hall–Kier alpha value is -5.01. The van der Waals surface area contributed by atoms with Crippen LogP contribution in [0.1, 0.15) is 63.1 Å². The SMILES string of the molecule is C=Cc1cc(CC)c(CCc2cc(COc3cc4c(cc3C)C(=O)N3c5ccccc5CC3CN4)cc(NC(=C)C(C)NC)c2)cc1NC. The molecule has 6 rings (SSSR count). The zero-order chi connectivity index (χ0) is 34.7. The molecule has 7 heteroatoms. The van der Waals surface area contributed by atoms with Crippen LogP contribution in [0.25, 0.3) is 6.08 Å². The molecule has 2 heterocycles. The number of hydrogen-bond donors (Lipinski definition) is 4. The first-order chi connectivity index (χ1) is 23.7. The van der Waals surface area contributed by atoms with Crippen LogP contribution in [-0.2, 0) is 32.3 Å². The van der Waals surface area contributed by atoms with E-state index in [-0.39, 0.29) is 18.0 Å². The lowest BCUT2D eigenvalue weighted by molar-refractivity contribution is 0.0983. The summed E-state index contributed by atoms with van der Waals surface area (Å²) in [6.07, 6.45) is 5.53. The maximum Gasteiger partial charge on any atom is 0.260 e. The highest BCUT2D eigenvalue weighted by Gasteiger charge is 2.37. The molecule has 4 N–H and O–H groups in total. The van der Waals surface area contributed by atoms with Crippen LogP contribution in [-0.4, -0.2) is 38.6 Å². The van der Waals surface area contributed by atoms with E-state index in [1.165, 1.54) is 22.3 Å². The smallest absolute Gasteiger partial charge is 0.260 e. The minimum absolute atomic E-state index is 0.0382. The lowest BCUT2D eigenvalue weighted by atomic mass is 9.94. The summed E-state index contributed by atoms with van der Waals surface area (Å²) in [6, 6.07) is 23.5. The van der Waals surface area contributed by atoms with E-state index in [0.29, 0.717) is 18.7 Å². The normalized spacial score (nSPS) is 15.3. The Labute approximate surface area is 291 Å². The van der Waals surface area contributed by atoms with Gasteiger partial charge in [-0.25, -0.2) is 0 Å². The lowest BCUT2D eigenvalue weighted by Crippen LogP contribution is -2.39. The number of carbonyl (C=O) groups excluding carboxylic acids is 1. The Morgan fingerprint density at radius 3 is 2.61 bits per heavy atom. The molecule has 0 saturated heterocycles. The number of likely N-dealkylation sites (N-methyl/N-ethyl adjacent to an activating group) is 1. The number of nitrogens with one attached hydrogen (secondary N) is 4. The van der Waals surface area contributed by atoms with E-state index in [0.717, 1.165) is 76.6 Å². The molecule has 0 saturated carbocycles. The first-order valence-corrected chi connectivity index (χ1v) is 17.4. The van der Waals surface area contributed by atoms with Crippen molar-refractivity contribution in [1.29, 1.82) is 0 Å². The molecule has 0 spiro atoms. The molecular weight excluding hydrogens is 606 g/mol. The van der Waals surface area contributed by atoms with Gasteiger partial charge in [0.1, 0.15) is 12.4 Å². The van der Waals surface area contributed by atoms with Crippen LogP contribution in [0.15, 0.2) is 85.6 Å². The monoisotopic (exact) mass is 655 g/mol. The third kappa shape index (κ3) is 7.08. The maximum absolute atomic E-state index is 13.8. The number of nitrogens with zero attached hydrogens (tertiary/aromatic N) is 1. The molecule has 2 aliphatic heterocycles. The van der Waals surface area contributed by atoms with Gasteiger partial charge in [-0.3, -0.25) is 4.79 Å². The second-order valence-electron chi connectivity index (χ2n) is 13.2. The predicted molar refractivity (Wildman–Crippen MR) is 205 cm³/mol. The molecular formula is C42H49N5O2. The number of amides is 1. The van der Waals surface area contributed by atoms with Gasteiger partial charge in [-0.05, 0) is 122 Å². The molecule has 2 atom stereocenters. The molecule has 2 aliphatic rings. The third-order valence-corrected chi connectivity index (χ3v) is 10.00. The van der Waals surface area contributed by atoms with Crippen molar-refractivity contribution in [3.63, 3.8) is 0 Å². The highest BCUT2D eigenvalue weighted by Crippen LogP contribution is 2.38. The van der Waals surface area contributed by atoms with Crippen molar-refractivity contribution in [2.45, 2.75) is 65.1 Å². The molecule has 7 nitrogen and oxygen atoms in total.